The van der Waals surface area contributed by atoms with Crippen LogP contribution in [0.1, 0.15) is 48.0 Å². The van der Waals surface area contributed by atoms with Crippen molar-refractivity contribution in [3.8, 4) is 0 Å². The van der Waals surface area contributed by atoms with Crippen LogP contribution in [0.5, 0.6) is 0 Å². The van der Waals surface area contributed by atoms with Crippen LogP contribution in [-0.2, 0) is 18.3 Å². The lowest BCUT2D eigenvalue weighted by atomic mass is 9.83. The minimum Gasteiger partial charge on any atom is -0.372 e. The van der Waals surface area contributed by atoms with Gasteiger partial charge in [0.2, 0.25) is 0 Å². The van der Waals surface area contributed by atoms with Gasteiger partial charge in [0.25, 0.3) is 0 Å². The smallest absolute Gasteiger partial charge is 0.372 e. The summed E-state index contributed by atoms with van der Waals surface area (Å²) in [5.41, 5.74) is 0. The lowest BCUT2D eigenvalue weighted by Gasteiger charge is -2.21. The van der Waals surface area contributed by atoms with Crippen molar-refractivity contribution in [1.29, 1.82) is 0 Å². The largest absolute Gasteiger partial charge is 0.697 e. The fourth-order valence-corrected chi connectivity index (χ4v) is 3.41. The molecule has 0 amide bonds. The molecule has 0 N–H and O–H groups in total. The molecule has 4 nitrogen and oxygen atoms in total. The summed E-state index contributed by atoms with van der Waals surface area (Å²) in [6.45, 7) is 13.6. The molecule has 1 rings (SSSR count). The fourth-order valence-electron chi connectivity index (χ4n) is 2.64. The minimum absolute atomic E-state index is 0.0315. The van der Waals surface area contributed by atoms with Crippen LogP contribution >= 0.6 is 8.25 Å². The van der Waals surface area contributed by atoms with Crippen LogP contribution in [0.15, 0.2) is 0 Å². The van der Waals surface area contributed by atoms with E-state index in [1.54, 1.807) is 0 Å². The third kappa shape index (κ3) is 5.77. The molecule has 118 valence electrons. The molecular formula is C15H30O4P+. The Balaban J connectivity index is 2.42. The third-order valence-corrected chi connectivity index (χ3v) is 4.60. The fraction of sp³-hybridized carbons (Fsp3) is 1.00. The Hall–Kier alpha value is -0.0200. The molecule has 1 fully saturated rings. The van der Waals surface area contributed by atoms with Gasteiger partial charge in [-0.05, 0) is 37.0 Å². The van der Waals surface area contributed by atoms with E-state index in [4.69, 9.17) is 13.8 Å². The summed E-state index contributed by atoms with van der Waals surface area (Å²) in [7, 11) is -2.03. The topological polar surface area (TPSA) is 44.8 Å². The lowest BCUT2D eigenvalue weighted by Crippen LogP contribution is -2.25. The summed E-state index contributed by atoms with van der Waals surface area (Å²) in [5.74, 6) is 1.97. The molecule has 0 aromatic heterocycles. The minimum atomic E-state index is -2.03. The van der Waals surface area contributed by atoms with E-state index in [-0.39, 0.29) is 12.2 Å². The van der Waals surface area contributed by atoms with Crippen LogP contribution in [0.2, 0.25) is 0 Å². The van der Waals surface area contributed by atoms with Gasteiger partial charge in [-0.25, -0.2) is 0 Å². The maximum absolute atomic E-state index is 11.6. The molecule has 1 heterocycles. The summed E-state index contributed by atoms with van der Waals surface area (Å²) in [5, 5.41) is 0. The first kappa shape index (κ1) is 18.0. The van der Waals surface area contributed by atoms with E-state index in [0.29, 0.717) is 36.9 Å². The molecule has 0 radical (unpaired) electrons. The van der Waals surface area contributed by atoms with Crippen molar-refractivity contribution in [3.63, 3.8) is 0 Å². The van der Waals surface area contributed by atoms with Crippen molar-refractivity contribution < 1.29 is 18.3 Å². The zero-order chi connectivity index (χ0) is 15.3. The summed E-state index contributed by atoms with van der Waals surface area (Å²) in [6.07, 6.45) is 1.38. The van der Waals surface area contributed by atoms with E-state index < -0.39 is 8.25 Å². The Bertz CT molecular complexity index is 306. The Labute approximate surface area is 124 Å². The number of ether oxygens (including phenoxy) is 1. The average molecular weight is 305 g/mol. The third-order valence-electron chi connectivity index (χ3n) is 3.88. The van der Waals surface area contributed by atoms with Gasteiger partial charge in [-0.3, -0.25) is 0 Å². The van der Waals surface area contributed by atoms with Gasteiger partial charge in [0.05, 0.1) is 12.2 Å². The quantitative estimate of drug-likeness (QED) is 0.623. The second-order valence-electron chi connectivity index (χ2n) is 6.74. The number of hydrogen-bond acceptors (Lipinski definition) is 4. The molecular weight excluding hydrogens is 275 g/mol. The molecule has 0 aliphatic carbocycles. The summed E-state index contributed by atoms with van der Waals surface area (Å²) < 4.78 is 28.1. The van der Waals surface area contributed by atoms with Crippen molar-refractivity contribution in [2.75, 3.05) is 13.2 Å². The van der Waals surface area contributed by atoms with Gasteiger partial charge in [0.15, 0.2) is 0 Å². The molecule has 1 aliphatic rings. The van der Waals surface area contributed by atoms with Crippen molar-refractivity contribution in [1.82, 2.24) is 0 Å². The van der Waals surface area contributed by atoms with Crippen LogP contribution < -0.4 is 0 Å². The Morgan fingerprint density at radius 2 is 1.75 bits per heavy atom. The number of hydrogen-bond donors (Lipinski definition) is 0. The zero-order valence-electron chi connectivity index (χ0n) is 13.7. The highest BCUT2D eigenvalue weighted by Gasteiger charge is 2.41. The van der Waals surface area contributed by atoms with E-state index in [1.807, 2.05) is 13.8 Å². The Kier molecular flexibility index (Phi) is 7.60. The predicted octanol–water partition coefficient (Wildman–Crippen LogP) is 4.42. The van der Waals surface area contributed by atoms with E-state index in [2.05, 4.69) is 27.7 Å². The Morgan fingerprint density at radius 3 is 2.30 bits per heavy atom. The summed E-state index contributed by atoms with van der Waals surface area (Å²) in [6, 6.07) is 0. The van der Waals surface area contributed by atoms with Gasteiger partial charge in [-0.2, -0.15) is 0 Å². The van der Waals surface area contributed by atoms with Crippen LogP contribution in [0.4, 0.5) is 0 Å². The van der Waals surface area contributed by atoms with Gasteiger partial charge >= 0.3 is 8.25 Å². The highest BCUT2D eigenvalue weighted by molar-refractivity contribution is 7.33. The second-order valence-corrected chi connectivity index (χ2v) is 7.70. The maximum Gasteiger partial charge on any atom is 0.697 e. The summed E-state index contributed by atoms with van der Waals surface area (Å²) >= 11 is 0. The predicted molar refractivity (Wildman–Crippen MR) is 80.8 cm³/mol. The highest BCUT2D eigenvalue weighted by Crippen LogP contribution is 2.38. The maximum atomic E-state index is 11.6. The SMILES string of the molecule is CC(C)CO[P+](=O)OC[C@H]1O[C@@H](C)C(C)[C@H]1CC(C)C. The monoisotopic (exact) mass is 305 g/mol. The molecule has 5 heteroatoms. The van der Waals surface area contributed by atoms with E-state index in [0.717, 1.165) is 6.42 Å². The molecule has 0 aromatic carbocycles. The van der Waals surface area contributed by atoms with Gasteiger partial charge < -0.3 is 4.74 Å². The van der Waals surface area contributed by atoms with Crippen LogP contribution in [-0.4, -0.2) is 25.4 Å². The normalized spacial score (nSPS) is 31.3. The molecule has 5 atom stereocenters. The first-order chi connectivity index (χ1) is 9.31. The molecule has 1 aliphatic heterocycles. The molecule has 0 aromatic rings. The highest BCUT2D eigenvalue weighted by atomic mass is 31.1. The molecule has 0 bridgehead atoms. The standard InChI is InChI=1S/C15H30O4P/c1-10(2)7-14-12(5)13(6)19-15(14)9-18-20(16)17-8-11(3)4/h10-15H,7-9H2,1-6H3/q+1/t12?,13-,14+,15+/m0/s1. The van der Waals surface area contributed by atoms with Gasteiger partial charge in [0.1, 0.15) is 13.2 Å². The van der Waals surface area contributed by atoms with Crippen molar-refractivity contribution in [2.24, 2.45) is 23.7 Å². The van der Waals surface area contributed by atoms with Crippen molar-refractivity contribution >= 4 is 8.25 Å². The van der Waals surface area contributed by atoms with Gasteiger partial charge in [-0.15, -0.1) is 9.05 Å². The second kappa shape index (κ2) is 8.43. The van der Waals surface area contributed by atoms with Crippen molar-refractivity contribution in [3.05, 3.63) is 0 Å². The molecule has 0 spiro atoms. The Morgan fingerprint density at radius 1 is 1.10 bits per heavy atom. The van der Waals surface area contributed by atoms with Gasteiger partial charge in [-0.1, -0.05) is 34.6 Å². The summed E-state index contributed by atoms with van der Waals surface area (Å²) in [4.78, 5) is 0. The first-order valence-corrected chi connectivity index (χ1v) is 8.79. The molecule has 1 saturated heterocycles. The van der Waals surface area contributed by atoms with Crippen LogP contribution in [0, 0.1) is 23.7 Å². The van der Waals surface area contributed by atoms with Crippen LogP contribution in [0.3, 0.4) is 0 Å². The first-order valence-electron chi connectivity index (χ1n) is 7.69. The van der Waals surface area contributed by atoms with E-state index in [9.17, 15) is 4.57 Å². The van der Waals surface area contributed by atoms with E-state index in [1.165, 1.54) is 0 Å². The molecule has 0 saturated carbocycles. The molecule has 2 unspecified atom stereocenters. The lowest BCUT2D eigenvalue weighted by molar-refractivity contribution is 0.00693. The number of rotatable bonds is 8. The average Bonchev–Trinajstić information content (AvgIpc) is 2.61. The molecule has 20 heavy (non-hydrogen) atoms. The van der Waals surface area contributed by atoms with E-state index >= 15 is 0 Å². The van der Waals surface area contributed by atoms with Crippen molar-refractivity contribution in [2.45, 2.75) is 60.2 Å². The van der Waals surface area contributed by atoms with Crippen LogP contribution in [0.25, 0.3) is 0 Å². The zero-order valence-corrected chi connectivity index (χ0v) is 14.6. The van der Waals surface area contributed by atoms with Gasteiger partial charge in [0, 0.05) is 4.57 Å².